The van der Waals surface area contributed by atoms with Crippen molar-refractivity contribution in [3.05, 3.63) is 30.0 Å². The van der Waals surface area contributed by atoms with Gasteiger partial charge in [-0.1, -0.05) is 53.7 Å². The molecule has 19 heavy (non-hydrogen) atoms. The SMILES string of the molecule is CC.CC(C)C(c1ccc2cnn(C)c2c1)C(C)C. The molecule has 0 bridgehead atoms. The predicted octanol–water partition coefficient (Wildman–Crippen LogP) is 5.00. The van der Waals surface area contributed by atoms with Crippen LogP contribution >= 0.6 is 0 Å². The average Bonchev–Trinajstić information content (AvgIpc) is 2.73. The Balaban J connectivity index is 0.000000861. The monoisotopic (exact) mass is 260 g/mol. The Morgan fingerprint density at radius 2 is 1.58 bits per heavy atom. The second-order valence-electron chi connectivity index (χ2n) is 5.60. The van der Waals surface area contributed by atoms with Crippen molar-refractivity contribution >= 4 is 10.9 Å². The number of hydrogen-bond donors (Lipinski definition) is 0. The number of fused-ring (bicyclic) bond motifs is 1. The van der Waals surface area contributed by atoms with E-state index in [1.54, 1.807) is 0 Å². The summed E-state index contributed by atoms with van der Waals surface area (Å²) >= 11 is 0. The summed E-state index contributed by atoms with van der Waals surface area (Å²) in [6, 6.07) is 6.75. The van der Waals surface area contributed by atoms with Crippen LogP contribution < -0.4 is 0 Å². The molecule has 0 saturated heterocycles. The molecule has 2 aromatic rings. The zero-order valence-corrected chi connectivity index (χ0v) is 13.4. The third-order valence-electron chi connectivity index (χ3n) is 3.59. The summed E-state index contributed by atoms with van der Waals surface area (Å²) in [6.45, 7) is 13.2. The molecule has 0 N–H and O–H groups in total. The van der Waals surface area contributed by atoms with Gasteiger partial charge in [0.15, 0.2) is 0 Å². The lowest BCUT2D eigenvalue weighted by Crippen LogP contribution is -2.13. The van der Waals surface area contributed by atoms with Crippen molar-refractivity contribution in [1.82, 2.24) is 9.78 Å². The molecule has 0 fully saturated rings. The van der Waals surface area contributed by atoms with Crippen molar-refractivity contribution in [1.29, 1.82) is 0 Å². The van der Waals surface area contributed by atoms with Gasteiger partial charge in [0, 0.05) is 12.4 Å². The van der Waals surface area contributed by atoms with E-state index in [9.17, 15) is 0 Å². The molecule has 1 aromatic carbocycles. The fraction of sp³-hybridized carbons (Fsp3) is 0.588. The van der Waals surface area contributed by atoms with Crippen LogP contribution in [0.2, 0.25) is 0 Å². The van der Waals surface area contributed by atoms with Crippen molar-refractivity contribution in [3.8, 4) is 0 Å². The summed E-state index contributed by atoms with van der Waals surface area (Å²) in [5.74, 6) is 1.95. The van der Waals surface area contributed by atoms with Crippen LogP contribution in [-0.2, 0) is 7.05 Å². The van der Waals surface area contributed by atoms with Crippen LogP contribution in [0.25, 0.3) is 10.9 Å². The molecule has 2 nitrogen and oxygen atoms in total. The zero-order valence-electron chi connectivity index (χ0n) is 13.4. The molecule has 0 aliphatic carbocycles. The standard InChI is InChI=1S/C15H22N2.C2H6/c1-10(2)15(11(3)4)12-6-7-13-9-16-17(5)14(13)8-12;1-2/h6-11,15H,1-5H3;1-2H3. The zero-order chi connectivity index (χ0) is 14.6. The molecule has 0 amide bonds. The first kappa shape index (κ1) is 15.7. The maximum absolute atomic E-state index is 4.30. The van der Waals surface area contributed by atoms with E-state index in [1.807, 2.05) is 31.8 Å². The topological polar surface area (TPSA) is 17.8 Å². The minimum Gasteiger partial charge on any atom is -0.268 e. The Kier molecular flexibility index (Phi) is 5.59. The lowest BCUT2D eigenvalue weighted by atomic mass is 9.80. The third-order valence-corrected chi connectivity index (χ3v) is 3.59. The molecule has 0 atom stereocenters. The average molecular weight is 260 g/mol. The van der Waals surface area contributed by atoms with Gasteiger partial charge in [0.25, 0.3) is 0 Å². The summed E-state index contributed by atoms with van der Waals surface area (Å²) < 4.78 is 1.95. The van der Waals surface area contributed by atoms with E-state index >= 15 is 0 Å². The second kappa shape index (κ2) is 6.74. The van der Waals surface area contributed by atoms with Crippen LogP contribution in [0.3, 0.4) is 0 Å². The highest BCUT2D eigenvalue weighted by molar-refractivity contribution is 5.79. The van der Waals surface area contributed by atoms with E-state index in [0.717, 1.165) is 0 Å². The van der Waals surface area contributed by atoms with Gasteiger partial charge in [-0.2, -0.15) is 5.10 Å². The van der Waals surface area contributed by atoms with Gasteiger partial charge < -0.3 is 0 Å². The second-order valence-corrected chi connectivity index (χ2v) is 5.60. The first-order chi connectivity index (χ1) is 9.00. The highest BCUT2D eigenvalue weighted by Gasteiger charge is 2.20. The lowest BCUT2D eigenvalue weighted by molar-refractivity contribution is 0.388. The summed E-state index contributed by atoms with van der Waals surface area (Å²) in [5.41, 5.74) is 2.67. The van der Waals surface area contributed by atoms with Crippen molar-refractivity contribution in [3.63, 3.8) is 0 Å². The minimum absolute atomic E-state index is 0.620. The maximum Gasteiger partial charge on any atom is 0.0681 e. The lowest BCUT2D eigenvalue weighted by Gasteiger charge is -2.25. The number of rotatable bonds is 3. The summed E-state index contributed by atoms with van der Waals surface area (Å²) in [4.78, 5) is 0. The van der Waals surface area contributed by atoms with E-state index in [4.69, 9.17) is 0 Å². The fourth-order valence-corrected chi connectivity index (χ4v) is 2.91. The largest absolute Gasteiger partial charge is 0.268 e. The minimum atomic E-state index is 0.620. The molecule has 1 heterocycles. The van der Waals surface area contributed by atoms with Crippen LogP contribution in [0.15, 0.2) is 24.4 Å². The van der Waals surface area contributed by atoms with Crippen LogP contribution in [0.4, 0.5) is 0 Å². The highest BCUT2D eigenvalue weighted by Crippen LogP contribution is 2.33. The molecule has 0 saturated carbocycles. The fourth-order valence-electron chi connectivity index (χ4n) is 2.91. The highest BCUT2D eigenvalue weighted by atomic mass is 15.2. The van der Waals surface area contributed by atoms with Gasteiger partial charge in [-0.05, 0) is 29.4 Å². The van der Waals surface area contributed by atoms with Gasteiger partial charge in [0.05, 0.1) is 11.7 Å². The molecule has 0 radical (unpaired) electrons. The Morgan fingerprint density at radius 3 is 2.11 bits per heavy atom. The van der Waals surface area contributed by atoms with Crippen LogP contribution in [0, 0.1) is 11.8 Å². The van der Waals surface area contributed by atoms with Gasteiger partial charge in [0.2, 0.25) is 0 Å². The van der Waals surface area contributed by atoms with E-state index in [2.05, 4.69) is 51.0 Å². The van der Waals surface area contributed by atoms with Gasteiger partial charge >= 0.3 is 0 Å². The molecule has 1 aromatic heterocycles. The molecular weight excluding hydrogens is 232 g/mol. The van der Waals surface area contributed by atoms with Crippen molar-refractivity contribution in [2.75, 3.05) is 0 Å². The Labute approximate surface area is 117 Å². The summed E-state index contributed by atoms with van der Waals surface area (Å²) in [6.07, 6.45) is 1.93. The Bertz CT molecular complexity index is 501. The van der Waals surface area contributed by atoms with Gasteiger partial charge in [-0.25, -0.2) is 0 Å². The Morgan fingerprint density at radius 1 is 1.00 bits per heavy atom. The van der Waals surface area contributed by atoms with Crippen molar-refractivity contribution < 1.29 is 0 Å². The van der Waals surface area contributed by atoms with Crippen molar-refractivity contribution in [2.45, 2.75) is 47.5 Å². The third kappa shape index (κ3) is 3.37. The first-order valence-electron chi connectivity index (χ1n) is 7.42. The smallest absolute Gasteiger partial charge is 0.0681 e. The normalized spacial score (nSPS) is 11.3. The number of hydrogen-bond acceptors (Lipinski definition) is 1. The molecule has 2 heteroatoms. The number of nitrogens with zero attached hydrogens (tertiary/aromatic N) is 2. The van der Waals surface area contributed by atoms with Crippen LogP contribution in [-0.4, -0.2) is 9.78 Å². The summed E-state index contributed by atoms with van der Waals surface area (Å²) in [5, 5.41) is 5.53. The molecule has 2 rings (SSSR count). The molecule has 106 valence electrons. The molecular formula is C17H28N2. The number of aromatic nitrogens is 2. The summed E-state index contributed by atoms with van der Waals surface area (Å²) in [7, 11) is 2.01. The van der Waals surface area contributed by atoms with Gasteiger partial charge in [-0.3, -0.25) is 4.68 Å². The molecule has 0 aliphatic heterocycles. The molecule has 0 unspecified atom stereocenters. The molecule has 0 aliphatic rings. The van der Waals surface area contributed by atoms with E-state index in [-0.39, 0.29) is 0 Å². The quantitative estimate of drug-likeness (QED) is 0.759. The number of aryl methyl sites for hydroxylation is 1. The van der Waals surface area contributed by atoms with Gasteiger partial charge in [0.1, 0.15) is 0 Å². The van der Waals surface area contributed by atoms with E-state index < -0.39 is 0 Å². The maximum atomic E-state index is 4.30. The first-order valence-corrected chi connectivity index (χ1v) is 7.42. The Hall–Kier alpha value is -1.31. The van der Waals surface area contributed by atoms with Gasteiger partial charge in [-0.15, -0.1) is 0 Å². The van der Waals surface area contributed by atoms with Crippen LogP contribution in [0.1, 0.15) is 53.0 Å². The number of benzene rings is 1. The van der Waals surface area contributed by atoms with Crippen LogP contribution in [0.5, 0.6) is 0 Å². The van der Waals surface area contributed by atoms with E-state index in [0.29, 0.717) is 17.8 Å². The molecule has 0 spiro atoms. The van der Waals surface area contributed by atoms with Crippen molar-refractivity contribution in [2.24, 2.45) is 18.9 Å². The van der Waals surface area contributed by atoms with E-state index in [1.165, 1.54) is 16.5 Å². The predicted molar refractivity (Wildman–Crippen MR) is 84.5 cm³/mol.